The summed E-state index contributed by atoms with van der Waals surface area (Å²) in [6.07, 6.45) is 8.10. The summed E-state index contributed by atoms with van der Waals surface area (Å²) >= 11 is 0. The van der Waals surface area contributed by atoms with Crippen LogP contribution in [0, 0.1) is 24.7 Å². The summed E-state index contributed by atoms with van der Waals surface area (Å²) in [6, 6.07) is 6.73. The first-order chi connectivity index (χ1) is 6.70. The third-order valence-electron chi connectivity index (χ3n) is 1.90. The smallest absolute Gasteiger partial charge is 0.140 e. The predicted molar refractivity (Wildman–Crippen MR) is 54.0 cm³/mol. The van der Waals surface area contributed by atoms with Gasteiger partial charge in [0.15, 0.2) is 0 Å². The third-order valence-corrected chi connectivity index (χ3v) is 1.90. The van der Waals surface area contributed by atoms with Gasteiger partial charge in [0.2, 0.25) is 0 Å². The monoisotopic (exact) mass is 186 g/mol. The molecule has 0 bridgehead atoms. The number of benzene rings is 1. The van der Waals surface area contributed by atoms with Crippen molar-refractivity contribution in [2.75, 3.05) is 0 Å². The second kappa shape index (κ2) is 4.48. The summed E-state index contributed by atoms with van der Waals surface area (Å²) in [5.74, 6) is 4.35. The molecule has 70 valence electrons. The van der Waals surface area contributed by atoms with E-state index in [0.717, 1.165) is 0 Å². The molecule has 2 nitrogen and oxygen atoms in total. The molecule has 14 heavy (non-hydrogen) atoms. The highest BCUT2D eigenvalue weighted by Gasteiger charge is 2.13. The second-order valence-electron chi connectivity index (χ2n) is 2.77. The Morgan fingerprint density at radius 3 is 1.57 bits per heavy atom. The van der Waals surface area contributed by atoms with Crippen molar-refractivity contribution in [3.63, 3.8) is 0 Å². The zero-order valence-corrected chi connectivity index (χ0v) is 7.51. The number of aliphatic hydroxyl groups excluding tert-OH is 2. The molecule has 0 amide bonds. The molecule has 0 heterocycles. The van der Waals surface area contributed by atoms with Crippen molar-refractivity contribution in [1.82, 2.24) is 0 Å². The third kappa shape index (κ3) is 1.95. The normalized spacial score (nSPS) is 13.7. The molecule has 0 saturated carbocycles. The Balaban J connectivity index is 3.18. The fourth-order valence-electron chi connectivity index (χ4n) is 1.19. The topological polar surface area (TPSA) is 40.5 Å². The Bertz CT molecular complexity index is 357. The zero-order valence-electron chi connectivity index (χ0n) is 7.51. The SMILES string of the molecule is C#C[C@@H](O)c1ccccc1[C@@H](O)C#C. The maximum atomic E-state index is 9.44. The molecule has 2 heteroatoms. The first-order valence-corrected chi connectivity index (χ1v) is 4.08. The average Bonchev–Trinajstić information content (AvgIpc) is 2.27. The van der Waals surface area contributed by atoms with Crippen molar-refractivity contribution in [3.05, 3.63) is 35.4 Å². The molecule has 0 fully saturated rings. The number of aliphatic hydroxyl groups is 2. The number of rotatable bonds is 2. The van der Waals surface area contributed by atoms with Gasteiger partial charge < -0.3 is 10.2 Å². The quantitative estimate of drug-likeness (QED) is 0.677. The van der Waals surface area contributed by atoms with Crippen molar-refractivity contribution < 1.29 is 10.2 Å². The van der Waals surface area contributed by atoms with Crippen molar-refractivity contribution in [2.45, 2.75) is 12.2 Å². The van der Waals surface area contributed by atoms with Crippen LogP contribution in [0.25, 0.3) is 0 Å². The maximum Gasteiger partial charge on any atom is 0.140 e. The van der Waals surface area contributed by atoms with Crippen LogP contribution in [0.2, 0.25) is 0 Å². The van der Waals surface area contributed by atoms with Gasteiger partial charge in [0.05, 0.1) is 0 Å². The minimum Gasteiger partial charge on any atom is -0.376 e. The Hall–Kier alpha value is -1.74. The van der Waals surface area contributed by atoms with E-state index in [-0.39, 0.29) is 0 Å². The van der Waals surface area contributed by atoms with E-state index in [1.54, 1.807) is 24.3 Å². The van der Waals surface area contributed by atoms with E-state index in [1.807, 2.05) is 0 Å². The lowest BCUT2D eigenvalue weighted by atomic mass is 9.99. The molecule has 0 aliphatic carbocycles. The highest BCUT2D eigenvalue weighted by molar-refractivity contribution is 5.36. The Morgan fingerprint density at radius 2 is 1.29 bits per heavy atom. The molecule has 1 aromatic rings. The van der Waals surface area contributed by atoms with Crippen molar-refractivity contribution in [3.8, 4) is 24.7 Å². The van der Waals surface area contributed by atoms with E-state index in [4.69, 9.17) is 12.8 Å². The summed E-state index contributed by atoms with van der Waals surface area (Å²) in [5.41, 5.74) is 0.945. The second-order valence-corrected chi connectivity index (χ2v) is 2.77. The van der Waals surface area contributed by atoms with Crippen LogP contribution < -0.4 is 0 Å². The van der Waals surface area contributed by atoms with E-state index in [9.17, 15) is 10.2 Å². The van der Waals surface area contributed by atoms with E-state index in [2.05, 4.69) is 11.8 Å². The predicted octanol–water partition coefficient (Wildman–Crippen LogP) is 1.02. The van der Waals surface area contributed by atoms with Crippen LogP contribution >= 0.6 is 0 Å². The Kier molecular flexibility index (Phi) is 3.31. The molecule has 0 aliphatic heterocycles. The fourth-order valence-corrected chi connectivity index (χ4v) is 1.19. The lowest BCUT2D eigenvalue weighted by Crippen LogP contribution is -2.03. The summed E-state index contributed by atoms with van der Waals surface area (Å²) in [7, 11) is 0. The zero-order chi connectivity index (χ0) is 10.6. The molecule has 0 aliphatic rings. The van der Waals surface area contributed by atoms with Crippen LogP contribution in [-0.4, -0.2) is 10.2 Å². The standard InChI is InChI=1S/C12H10O2/c1-3-11(13)9-7-5-6-8-10(9)12(14)4-2/h1-2,5-8,11-14H/t11-,12+. The summed E-state index contributed by atoms with van der Waals surface area (Å²) in [6.45, 7) is 0. The van der Waals surface area contributed by atoms with Gasteiger partial charge in [-0.1, -0.05) is 36.1 Å². The molecule has 0 unspecified atom stereocenters. The lowest BCUT2D eigenvalue weighted by molar-refractivity contribution is 0.215. The Morgan fingerprint density at radius 1 is 0.929 bits per heavy atom. The van der Waals surface area contributed by atoms with Crippen LogP contribution in [0.1, 0.15) is 23.3 Å². The minimum atomic E-state index is -1.03. The summed E-state index contributed by atoms with van der Waals surface area (Å²) in [4.78, 5) is 0. The molecular weight excluding hydrogens is 176 g/mol. The summed E-state index contributed by atoms with van der Waals surface area (Å²) < 4.78 is 0. The first-order valence-electron chi connectivity index (χ1n) is 4.08. The molecule has 1 rings (SSSR count). The van der Waals surface area contributed by atoms with Crippen molar-refractivity contribution >= 4 is 0 Å². The first kappa shape index (κ1) is 10.3. The molecule has 0 aromatic heterocycles. The largest absolute Gasteiger partial charge is 0.376 e. The fraction of sp³-hybridized carbons (Fsp3) is 0.167. The van der Waals surface area contributed by atoms with Gasteiger partial charge >= 0.3 is 0 Å². The van der Waals surface area contributed by atoms with Crippen molar-refractivity contribution in [1.29, 1.82) is 0 Å². The minimum absolute atomic E-state index is 0.473. The molecule has 0 saturated heterocycles. The molecule has 2 atom stereocenters. The van der Waals surface area contributed by atoms with Crippen LogP contribution in [-0.2, 0) is 0 Å². The molecule has 0 spiro atoms. The van der Waals surface area contributed by atoms with E-state index >= 15 is 0 Å². The molecule has 1 aromatic carbocycles. The van der Waals surface area contributed by atoms with E-state index in [0.29, 0.717) is 11.1 Å². The van der Waals surface area contributed by atoms with Crippen LogP contribution in [0.5, 0.6) is 0 Å². The Labute approximate surface area is 83.2 Å². The van der Waals surface area contributed by atoms with Gasteiger partial charge in [0, 0.05) is 0 Å². The van der Waals surface area contributed by atoms with Crippen LogP contribution in [0.4, 0.5) is 0 Å². The van der Waals surface area contributed by atoms with Gasteiger partial charge in [0.25, 0.3) is 0 Å². The van der Waals surface area contributed by atoms with Gasteiger partial charge in [-0.15, -0.1) is 12.8 Å². The lowest BCUT2D eigenvalue weighted by Gasteiger charge is -2.12. The van der Waals surface area contributed by atoms with Gasteiger partial charge in [-0.25, -0.2) is 0 Å². The highest BCUT2D eigenvalue weighted by Crippen LogP contribution is 2.22. The van der Waals surface area contributed by atoms with Gasteiger partial charge in [0.1, 0.15) is 12.2 Å². The maximum absolute atomic E-state index is 9.44. The van der Waals surface area contributed by atoms with E-state index in [1.165, 1.54) is 0 Å². The van der Waals surface area contributed by atoms with Gasteiger partial charge in [-0.05, 0) is 11.1 Å². The number of hydrogen-bond acceptors (Lipinski definition) is 2. The van der Waals surface area contributed by atoms with Crippen LogP contribution in [0.15, 0.2) is 24.3 Å². The van der Waals surface area contributed by atoms with E-state index < -0.39 is 12.2 Å². The summed E-state index contributed by atoms with van der Waals surface area (Å²) in [5, 5.41) is 18.9. The molecule has 2 N–H and O–H groups in total. The molecule has 0 radical (unpaired) electrons. The van der Waals surface area contributed by atoms with Crippen molar-refractivity contribution in [2.24, 2.45) is 0 Å². The van der Waals surface area contributed by atoms with Gasteiger partial charge in [-0.3, -0.25) is 0 Å². The van der Waals surface area contributed by atoms with Crippen LogP contribution in [0.3, 0.4) is 0 Å². The average molecular weight is 186 g/mol. The highest BCUT2D eigenvalue weighted by atomic mass is 16.3. The number of terminal acetylenes is 2. The van der Waals surface area contributed by atoms with Gasteiger partial charge in [-0.2, -0.15) is 0 Å². The number of hydrogen-bond donors (Lipinski definition) is 2. The molecular formula is C12H10O2.